The Morgan fingerprint density at radius 1 is 1.06 bits per heavy atom. The highest BCUT2D eigenvalue weighted by Gasteiger charge is 2.33. The van der Waals surface area contributed by atoms with Gasteiger partial charge in [-0.2, -0.15) is 5.26 Å². The second kappa shape index (κ2) is 11.2. The molecule has 1 fully saturated rings. The maximum atomic E-state index is 13.3. The first-order valence-electron chi connectivity index (χ1n) is 11.5. The van der Waals surface area contributed by atoms with E-state index in [0.717, 1.165) is 28.1 Å². The van der Waals surface area contributed by atoms with Gasteiger partial charge in [0.05, 0.1) is 11.7 Å². The number of amides is 2. The Labute approximate surface area is 205 Å². The number of guanidine groups is 1. The van der Waals surface area contributed by atoms with Crippen molar-refractivity contribution in [2.75, 3.05) is 25.0 Å². The van der Waals surface area contributed by atoms with E-state index < -0.39 is 0 Å². The monoisotopic (exact) mass is 467 g/mol. The number of carbonyl (C=O) groups is 1. The lowest BCUT2D eigenvalue weighted by Gasteiger charge is -2.42. The van der Waals surface area contributed by atoms with Crippen LogP contribution < -0.4 is 16.4 Å². The fraction of sp³-hybridized carbons (Fsp3) is 0.222. The molecule has 0 aliphatic carbocycles. The van der Waals surface area contributed by atoms with E-state index in [1.165, 1.54) is 0 Å². The van der Waals surface area contributed by atoms with E-state index in [9.17, 15) is 10.1 Å². The number of aryl methyl sites for hydroxylation is 1. The minimum atomic E-state index is -0.226. The van der Waals surface area contributed by atoms with Crippen LogP contribution in [0.1, 0.15) is 22.7 Å². The molecule has 0 saturated carbocycles. The number of benzene rings is 3. The molecule has 1 saturated heterocycles. The Morgan fingerprint density at radius 2 is 1.77 bits per heavy atom. The molecule has 1 aliphatic heterocycles. The number of hydrogen-bond acceptors (Lipinski definition) is 4. The second-order valence-corrected chi connectivity index (χ2v) is 8.36. The molecule has 0 spiro atoms. The summed E-state index contributed by atoms with van der Waals surface area (Å²) < 4.78 is 0. The molecule has 0 aromatic heterocycles. The van der Waals surface area contributed by atoms with Gasteiger partial charge in [-0.25, -0.2) is 9.79 Å². The highest BCUT2D eigenvalue weighted by Crippen LogP contribution is 2.27. The molecule has 1 unspecified atom stereocenters. The highest BCUT2D eigenvalue weighted by molar-refractivity contribution is 5.90. The Morgan fingerprint density at radius 3 is 2.46 bits per heavy atom. The molecule has 35 heavy (non-hydrogen) atoms. The second-order valence-electron chi connectivity index (χ2n) is 8.36. The molecule has 8 nitrogen and oxygen atoms in total. The molecule has 0 bridgehead atoms. The van der Waals surface area contributed by atoms with E-state index in [1.54, 1.807) is 0 Å². The SMILES string of the molecule is Cc1ccccc1N=C(NC#N)N1CCN(C(=O)Nc2ccc(CN)cc2)C(c2ccccc2)C1. The summed E-state index contributed by atoms with van der Waals surface area (Å²) in [6.07, 6.45) is 2.01. The van der Waals surface area contributed by atoms with Crippen molar-refractivity contribution < 1.29 is 4.79 Å². The third-order valence-corrected chi connectivity index (χ3v) is 6.08. The fourth-order valence-corrected chi connectivity index (χ4v) is 4.13. The normalized spacial score (nSPS) is 15.9. The van der Waals surface area contributed by atoms with Crippen molar-refractivity contribution in [3.8, 4) is 6.19 Å². The van der Waals surface area contributed by atoms with Crippen LogP contribution in [0.2, 0.25) is 0 Å². The first-order valence-corrected chi connectivity index (χ1v) is 11.5. The average molecular weight is 468 g/mol. The van der Waals surface area contributed by atoms with Crippen molar-refractivity contribution in [3.05, 3.63) is 95.6 Å². The Hall–Kier alpha value is -4.35. The number of piperazine rings is 1. The van der Waals surface area contributed by atoms with Crippen molar-refractivity contribution in [2.45, 2.75) is 19.5 Å². The van der Waals surface area contributed by atoms with Gasteiger partial charge in [0.25, 0.3) is 0 Å². The minimum absolute atomic E-state index is 0.176. The number of rotatable bonds is 4. The lowest BCUT2D eigenvalue weighted by Crippen LogP contribution is -2.55. The molecule has 4 rings (SSSR count). The summed E-state index contributed by atoms with van der Waals surface area (Å²) in [6, 6.07) is 24.8. The van der Waals surface area contributed by atoms with Gasteiger partial charge in [0.15, 0.2) is 6.19 Å². The first kappa shape index (κ1) is 23.8. The van der Waals surface area contributed by atoms with Crippen molar-refractivity contribution >= 4 is 23.4 Å². The topological polar surface area (TPSA) is 110 Å². The number of urea groups is 1. The van der Waals surface area contributed by atoms with Gasteiger partial charge >= 0.3 is 6.03 Å². The van der Waals surface area contributed by atoms with Crippen LogP contribution in [0.15, 0.2) is 83.9 Å². The number of hydrogen-bond donors (Lipinski definition) is 3. The van der Waals surface area contributed by atoms with Crippen LogP contribution in [-0.2, 0) is 6.54 Å². The van der Waals surface area contributed by atoms with Crippen molar-refractivity contribution in [1.29, 1.82) is 5.26 Å². The zero-order valence-corrected chi connectivity index (χ0v) is 19.7. The maximum Gasteiger partial charge on any atom is 0.322 e. The number of para-hydroxylation sites is 1. The van der Waals surface area contributed by atoms with E-state index in [1.807, 2.05) is 102 Å². The van der Waals surface area contributed by atoms with Crippen LogP contribution >= 0.6 is 0 Å². The number of nitriles is 1. The smallest absolute Gasteiger partial charge is 0.322 e. The van der Waals surface area contributed by atoms with Crippen LogP contribution in [0.4, 0.5) is 16.2 Å². The Kier molecular flexibility index (Phi) is 7.60. The Bertz CT molecular complexity index is 1220. The van der Waals surface area contributed by atoms with Gasteiger partial charge in [0.2, 0.25) is 5.96 Å². The number of carbonyl (C=O) groups excluding carboxylic acids is 1. The van der Waals surface area contributed by atoms with Gasteiger partial charge < -0.3 is 20.9 Å². The fourth-order valence-electron chi connectivity index (χ4n) is 4.13. The van der Waals surface area contributed by atoms with Crippen LogP contribution in [0.25, 0.3) is 0 Å². The van der Waals surface area contributed by atoms with Gasteiger partial charge in [-0.1, -0.05) is 60.7 Å². The molecule has 3 aromatic rings. The van der Waals surface area contributed by atoms with E-state index in [2.05, 4.69) is 10.6 Å². The van der Waals surface area contributed by atoms with Crippen LogP contribution in [0, 0.1) is 18.4 Å². The summed E-state index contributed by atoms with van der Waals surface area (Å²) in [5, 5.41) is 15.1. The predicted molar refractivity (Wildman–Crippen MR) is 138 cm³/mol. The standard InChI is InChI=1S/C27H29N7O/c1-20-7-5-6-10-24(20)32-26(30-19-29)33-15-16-34(25(18-33)22-8-3-2-4-9-22)27(35)31-23-13-11-21(17-28)12-14-23/h2-14,25H,15-18,28H2,1H3,(H,30,32)(H,31,35). The number of nitrogens with zero attached hydrogens (tertiary/aromatic N) is 4. The summed E-state index contributed by atoms with van der Waals surface area (Å²) in [5.74, 6) is 0.472. The molecule has 8 heteroatoms. The lowest BCUT2D eigenvalue weighted by atomic mass is 10.0. The molecular formula is C27H29N7O. The number of aliphatic imine (C=N–C) groups is 1. The van der Waals surface area contributed by atoms with Crippen LogP contribution in [0.5, 0.6) is 0 Å². The summed E-state index contributed by atoms with van der Waals surface area (Å²) in [6.45, 7) is 3.92. The van der Waals surface area contributed by atoms with Crippen LogP contribution in [-0.4, -0.2) is 41.4 Å². The number of nitrogens with one attached hydrogen (secondary N) is 2. The summed E-state index contributed by atoms with van der Waals surface area (Å²) in [5.41, 5.74) is 10.2. The molecule has 1 heterocycles. The van der Waals surface area contributed by atoms with E-state index in [4.69, 9.17) is 10.7 Å². The van der Waals surface area contributed by atoms with Gasteiger partial charge in [-0.3, -0.25) is 5.32 Å². The van der Waals surface area contributed by atoms with Crippen molar-refractivity contribution in [1.82, 2.24) is 15.1 Å². The molecule has 1 atom stereocenters. The van der Waals surface area contributed by atoms with Crippen molar-refractivity contribution in [3.63, 3.8) is 0 Å². The van der Waals surface area contributed by atoms with Gasteiger partial charge in [-0.05, 0) is 41.8 Å². The Balaban J connectivity index is 1.59. The summed E-state index contributed by atoms with van der Waals surface area (Å²) in [7, 11) is 0. The molecule has 4 N–H and O–H groups in total. The quantitative estimate of drug-likeness (QED) is 0.232. The first-order chi connectivity index (χ1) is 17.1. The minimum Gasteiger partial charge on any atom is -0.338 e. The largest absolute Gasteiger partial charge is 0.338 e. The van der Waals surface area contributed by atoms with Gasteiger partial charge in [-0.15, -0.1) is 0 Å². The third kappa shape index (κ3) is 5.78. The van der Waals surface area contributed by atoms with Crippen LogP contribution in [0.3, 0.4) is 0 Å². The molecule has 178 valence electrons. The molecule has 3 aromatic carbocycles. The summed E-state index contributed by atoms with van der Waals surface area (Å²) >= 11 is 0. The summed E-state index contributed by atoms with van der Waals surface area (Å²) in [4.78, 5) is 21.9. The zero-order chi connectivity index (χ0) is 24.6. The highest BCUT2D eigenvalue weighted by atomic mass is 16.2. The van der Waals surface area contributed by atoms with Gasteiger partial charge in [0, 0.05) is 31.9 Å². The van der Waals surface area contributed by atoms with E-state index in [0.29, 0.717) is 32.1 Å². The predicted octanol–water partition coefficient (Wildman–Crippen LogP) is 4.10. The van der Waals surface area contributed by atoms with Gasteiger partial charge in [0.1, 0.15) is 0 Å². The molecular weight excluding hydrogens is 438 g/mol. The van der Waals surface area contributed by atoms with E-state index >= 15 is 0 Å². The van der Waals surface area contributed by atoms with Crippen molar-refractivity contribution in [2.24, 2.45) is 10.7 Å². The lowest BCUT2D eigenvalue weighted by molar-refractivity contribution is 0.135. The zero-order valence-electron chi connectivity index (χ0n) is 19.7. The molecule has 0 radical (unpaired) electrons. The molecule has 2 amide bonds. The van der Waals surface area contributed by atoms with E-state index in [-0.39, 0.29) is 12.1 Å². The average Bonchev–Trinajstić information content (AvgIpc) is 2.90. The maximum absolute atomic E-state index is 13.3. The number of nitrogens with two attached hydrogens (primary N) is 1. The molecule has 1 aliphatic rings. The number of anilines is 1. The third-order valence-electron chi connectivity index (χ3n) is 6.08.